The van der Waals surface area contributed by atoms with E-state index < -0.39 is 0 Å². The summed E-state index contributed by atoms with van der Waals surface area (Å²) in [5.74, 6) is 0. The second kappa shape index (κ2) is 40.5. The lowest BCUT2D eigenvalue weighted by Crippen LogP contribution is -1.88. The molecule has 0 saturated carbocycles. The molecule has 0 fully saturated rings. The smallest absolute Gasteiger partial charge is 0.159 e. The van der Waals surface area contributed by atoms with Gasteiger partial charge in [-0.2, -0.15) is 10.2 Å². The zero-order chi connectivity index (χ0) is 63.3. The van der Waals surface area contributed by atoms with Crippen LogP contribution in [0, 0.1) is 83.1 Å². The minimum absolute atomic E-state index is 0.843. The average Bonchev–Trinajstić information content (AvgIpc) is 3.63. The number of hydrogen-bond acceptors (Lipinski definition) is 12. The summed E-state index contributed by atoms with van der Waals surface area (Å²) in [5, 5.41) is 12.6. The van der Waals surface area contributed by atoms with Crippen LogP contribution in [0.5, 0.6) is 0 Å². The van der Waals surface area contributed by atoms with Gasteiger partial charge in [0.1, 0.15) is 0 Å². The highest BCUT2D eigenvalue weighted by atomic mass is 15.1. The minimum atomic E-state index is 0.843. The number of rotatable bonds is 0. The van der Waals surface area contributed by atoms with Gasteiger partial charge in [-0.1, -0.05) is 101 Å². The molecule has 0 saturated heterocycles. The number of aryl methyl sites for hydroxylation is 12. The maximum absolute atomic E-state index is 4.40. The molecule has 0 aliphatic carbocycles. The van der Waals surface area contributed by atoms with Gasteiger partial charge < -0.3 is 0 Å². The maximum Gasteiger partial charge on any atom is 0.159 e. The second-order valence-electron chi connectivity index (χ2n) is 18.0. The topological polar surface area (TPSA) is 155 Å². The zero-order valence-electron chi connectivity index (χ0n) is 55.2. The Morgan fingerprint density at radius 1 is 0.202 bits per heavy atom. The molecule has 0 bridgehead atoms. The molecule has 12 aromatic rings. The average molecular weight is 1130 g/mol. The molecule has 84 heavy (non-hydrogen) atoms. The van der Waals surface area contributed by atoms with Gasteiger partial charge in [0, 0.05) is 80.5 Å². The lowest BCUT2D eigenvalue weighted by Gasteiger charge is -1.98. The first kappa shape index (κ1) is 73.4. The summed E-state index contributed by atoms with van der Waals surface area (Å²) in [5.41, 5.74) is 20.6. The first-order chi connectivity index (χ1) is 40.5. The lowest BCUT2D eigenvalue weighted by molar-refractivity contribution is 1.02. The van der Waals surface area contributed by atoms with E-state index in [1.807, 2.05) is 256 Å². The van der Waals surface area contributed by atoms with Crippen LogP contribution in [0.3, 0.4) is 0 Å². The summed E-state index contributed by atoms with van der Waals surface area (Å²) in [6.07, 6.45) is 9.18. The van der Waals surface area contributed by atoms with Crippen molar-refractivity contribution in [3.8, 4) is 0 Å². The highest BCUT2D eigenvalue weighted by molar-refractivity contribution is 5.80. The summed E-state index contributed by atoms with van der Waals surface area (Å²) < 4.78 is 0. The fourth-order valence-electron chi connectivity index (χ4n) is 7.35. The van der Waals surface area contributed by atoms with Gasteiger partial charge in [0.25, 0.3) is 0 Å². The van der Waals surface area contributed by atoms with E-state index >= 15 is 0 Å². The second-order valence-corrected chi connectivity index (χ2v) is 18.0. The number of hydrogen-bond donors (Lipinski definition) is 0. The van der Waals surface area contributed by atoms with Crippen LogP contribution in [0.4, 0.5) is 0 Å². The van der Waals surface area contributed by atoms with Crippen LogP contribution < -0.4 is 0 Å². The van der Waals surface area contributed by atoms with E-state index in [9.17, 15) is 0 Å². The van der Waals surface area contributed by atoms with Crippen molar-refractivity contribution in [2.24, 2.45) is 0 Å². The molecule has 0 aliphatic heterocycles. The molecular formula is C72H96N12. The van der Waals surface area contributed by atoms with Crippen molar-refractivity contribution in [2.75, 3.05) is 0 Å². The predicted molar refractivity (Wildman–Crippen MR) is 362 cm³/mol. The van der Waals surface area contributed by atoms with Crippen molar-refractivity contribution in [3.63, 3.8) is 0 Å². The van der Waals surface area contributed by atoms with Gasteiger partial charge >= 0.3 is 0 Å². The van der Waals surface area contributed by atoms with Gasteiger partial charge in [-0.25, -0.2) is 15.0 Å². The minimum Gasteiger partial charge on any atom is -0.261 e. The fourth-order valence-corrected chi connectivity index (χ4v) is 7.35. The highest BCUT2D eigenvalue weighted by Gasteiger charge is 2.00. The third-order valence-corrected chi connectivity index (χ3v) is 11.0. The molecule has 12 nitrogen and oxygen atoms in total. The molecule has 2 aromatic carbocycles. The highest BCUT2D eigenvalue weighted by Crippen LogP contribution is 2.16. The first-order valence-corrected chi connectivity index (χ1v) is 29.7. The molecule has 0 radical (unpaired) electrons. The Labute approximate surface area is 503 Å². The van der Waals surface area contributed by atoms with E-state index in [4.69, 9.17) is 0 Å². The molecule has 0 aliphatic rings. The number of benzene rings is 2. The van der Waals surface area contributed by atoms with Crippen molar-refractivity contribution in [1.82, 2.24) is 60.0 Å². The molecule has 444 valence electrons. The van der Waals surface area contributed by atoms with E-state index in [2.05, 4.69) is 110 Å². The Balaban J connectivity index is 0.000000486. The molecular weight excluding hydrogens is 1030 g/mol. The largest absolute Gasteiger partial charge is 0.261 e. The Hall–Kier alpha value is -8.64. The molecule has 10 aromatic heterocycles. The summed E-state index contributed by atoms with van der Waals surface area (Å²) in [7, 11) is 0. The summed E-state index contributed by atoms with van der Waals surface area (Å²) in [6.45, 7) is 48.0. The van der Waals surface area contributed by atoms with Crippen molar-refractivity contribution in [1.29, 1.82) is 0 Å². The zero-order valence-corrected chi connectivity index (χ0v) is 55.2. The fraction of sp³-hybridized carbons (Fsp3) is 0.333. The van der Waals surface area contributed by atoms with Crippen LogP contribution in [0.2, 0.25) is 0 Å². The van der Waals surface area contributed by atoms with Crippen molar-refractivity contribution < 1.29 is 0 Å². The normalized spacial score (nSPS) is 9.43. The summed E-state index contributed by atoms with van der Waals surface area (Å²) in [4.78, 5) is 42.9. The van der Waals surface area contributed by atoms with Crippen molar-refractivity contribution in [2.45, 2.75) is 166 Å². The van der Waals surface area contributed by atoms with Crippen LogP contribution >= 0.6 is 0 Å². The monoisotopic (exact) mass is 1130 g/mol. The number of pyridine rings is 8. The quantitative estimate of drug-likeness (QED) is 0.142. The maximum atomic E-state index is 4.40. The molecule has 0 N–H and O–H groups in total. The van der Waals surface area contributed by atoms with Crippen LogP contribution in [0.1, 0.15) is 151 Å². The van der Waals surface area contributed by atoms with Crippen LogP contribution in [0.25, 0.3) is 65.8 Å². The van der Waals surface area contributed by atoms with E-state index in [-0.39, 0.29) is 0 Å². The Morgan fingerprint density at radius 3 is 1.19 bits per heavy atom. The van der Waals surface area contributed by atoms with Gasteiger partial charge in [-0.3, -0.25) is 34.9 Å². The van der Waals surface area contributed by atoms with Gasteiger partial charge in [0.05, 0.1) is 56.2 Å². The molecule has 12 heteroatoms. The first-order valence-electron chi connectivity index (χ1n) is 29.7. The van der Waals surface area contributed by atoms with Gasteiger partial charge in [0.15, 0.2) is 5.65 Å². The third-order valence-electron chi connectivity index (χ3n) is 11.0. The lowest BCUT2D eigenvalue weighted by atomic mass is 10.1. The molecule has 10 heterocycles. The van der Waals surface area contributed by atoms with Crippen LogP contribution in [-0.2, 0) is 0 Å². The third kappa shape index (κ3) is 25.2. The van der Waals surface area contributed by atoms with E-state index in [1.54, 1.807) is 6.20 Å². The van der Waals surface area contributed by atoms with E-state index in [0.717, 1.165) is 106 Å². The molecule has 12 rings (SSSR count). The number of nitrogens with zero attached hydrogens (tertiary/aromatic N) is 12. The Morgan fingerprint density at radius 2 is 0.595 bits per heavy atom. The summed E-state index contributed by atoms with van der Waals surface area (Å²) >= 11 is 0. The van der Waals surface area contributed by atoms with E-state index in [1.165, 1.54) is 27.5 Å². The van der Waals surface area contributed by atoms with E-state index in [0.29, 0.717) is 0 Å². The van der Waals surface area contributed by atoms with Crippen molar-refractivity contribution in [3.05, 3.63) is 214 Å². The van der Waals surface area contributed by atoms with Gasteiger partial charge in [0.2, 0.25) is 0 Å². The Bertz CT molecular complexity index is 2950. The molecule has 0 unspecified atom stereocenters. The van der Waals surface area contributed by atoms with Gasteiger partial charge in [-0.05, 0) is 203 Å². The van der Waals surface area contributed by atoms with Gasteiger partial charge in [-0.15, -0.1) is 0 Å². The Kier molecular flexibility index (Phi) is 35.4. The number of fused-ring (bicyclic) bond motifs is 6. The summed E-state index contributed by atoms with van der Waals surface area (Å²) in [6, 6.07) is 38.6. The standard InChI is InChI=1S/6C10H10N2.6C2H6/c1-7-3-9-4-8(2)11-6-10(9)12-5-7;1-7-3-5-9-6-4-8(2)12-10(9)11-7;1-7-5-10-9(11-6-7)4-3-8(2)12-10;1-7-3-4-9-6-11-8(2)5-10(9)12-7;1-7-3-4-10-9(5-7)6-8(2)11-12-10;1-7-3-4-9-10(5-7)12-8(2)6-11-9;6*1-2/h6*3-6H,1-2H3;6*1-2H3. The van der Waals surface area contributed by atoms with Crippen molar-refractivity contribution >= 4 is 65.8 Å². The molecule has 0 atom stereocenters. The molecule has 0 spiro atoms. The predicted octanol–water partition coefficient (Wildman–Crippen LogP) is 19.6. The van der Waals surface area contributed by atoms with Crippen LogP contribution in [0.15, 0.2) is 146 Å². The number of aromatic nitrogens is 12. The van der Waals surface area contributed by atoms with Crippen LogP contribution in [-0.4, -0.2) is 60.0 Å². The SMILES string of the molecule is CC.CC.CC.CC.CC.CC.Cc1cc2nc(C)ccc2cn1.Cc1ccc2ccc(C)nc2n1.Cc1ccc2ncc(C)nc2c1.Cc1ccc2nnc(C)cc2c1.Cc1cnc2ccc(C)nc2c1.Cc1cnc2cnc(C)cc2c1. The molecule has 0 amide bonds.